The number of aromatic carboxylic acids is 1. The Morgan fingerprint density at radius 1 is 1.44 bits per heavy atom. The van der Waals surface area contributed by atoms with Crippen LogP contribution >= 0.6 is 11.8 Å². The number of nitrogens with zero attached hydrogens (tertiary/aromatic N) is 2. The van der Waals surface area contributed by atoms with E-state index in [2.05, 4.69) is 17.1 Å². The van der Waals surface area contributed by atoms with Crippen LogP contribution < -0.4 is 15.6 Å². The molecule has 0 radical (unpaired) electrons. The number of carboxylic acid groups (broad SMARTS) is 1. The molecule has 1 atom stereocenters. The first-order valence-corrected chi connectivity index (χ1v) is 10.2. The van der Waals surface area contributed by atoms with Gasteiger partial charge in [-0.3, -0.25) is 4.79 Å². The fourth-order valence-corrected chi connectivity index (χ4v) is 5.26. The van der Waals surface area contributed by atoms with Gasteiger partial charge in [-0.15, -0.1) is 11.8 Å². The predicted octanol–water partition coefficient (Wildman–Crippen LogP) is 2.38. The number of aryl methyl sites for hydroxylation is 1. The van der Waals surface area contributed by atoms with Gasteiger partial charge in [-0.1, -0.05) is 6.92 Å². The predicted molar refractivity (Wildman–Crippen MR) is 105 cm³/mol. The summed E-state index contributed by atoms with van der Waals surface area (Å²) in [5, 5.41) is 12.8. The van der Waals surface area contributed by atoms with Gasteiger partial charge in [-0.2, -0.15) is 0 Å². The van der Waals surface area contributed by atoms with Crippen molar-refractivity contribution in [3.05, 3.63) is 33.9 Å². The highest BCUT2D eigenvalue weighted by molar-refractivity contribution is 7.99. The van der Waals surface area contributed by atoms with Gasteiger partial charge < -0.3 is 19.9 Å². The van der Waals surface area contributed by atoms with Gasteiger partial charge in [0, 0.05) is 31.6 Å². The van der Waals surface area contributed by atoms with Gasteiger partial charge in [-0.25, -0.2) is 9.18 Å². The van der Waals surface area contributed by atoms with Crippen LogP contribution in [0.1, 0.15) is 23.7 Å². The highest BCUT2D eigenvalue weighted by Crippen LogP contribution is 2.42. The summed E-state index contributed by atoms with van der Waals surface area (Å²) >= 11 is 1.55. The lowest BCUT2D eigenvalue weighted by Gasteiger charge is -2.28. The Morgan fingerprint density at radius 2 is 2.26 bits per heavy atom. The number of hydrogen-bond acceptors (Lipinski definition) is 5. The van der Waals surface area contributed by atoms with Gasteiger partial charge in [0.1, 0.15) is 11.4 Å². The van der Waals surface area contributed by atoms with Crippen LogP contribution in [-0.4, -0.2) is 47.6 Å². The number of aromatic nitrogens is 1. The third-order valence-corrected chi connectivity index (χ3v) is 6.40. The Balaban J connectivity index is 1.84. The van der Waals surface area contributed by atoms with Gasteiger partial charge in [-0.05, 0) is 31.5 Å². The molecule has 3 heterocycles. The van der Waals surface area contributed by atoms with Crippen LogP contribution in [0.15, 0.2) is 22.0 Å². The molecule has 1 saturated heterocycles. The molecule has 27 heavy (non-hydrogen) atoms. The Morgan fingerprint density at radius 3 is 3.00 bits per heavy atom. The number of carbonyl (C=O) groups is 1. The number of rotatable bonds is 5. The second-order valence-corrected chi connectivity index (χ2v) is 8.16. The molecule has 1 fully saturated rings. The van der Waals surface area contributed by atoms with Crippen molar-refractivity contribution in [2.45, 2.75) is 24.8 Å². The van der Waals surface area contributed by atoms with Crippen molar-refractivity contribution in [1.29, 1.82) is 0 Å². The largest absolute Gasteiger partial charge is 0.477 e. The minimum Gasteiger partial charge on any atom is -0.477 e. The van der Waals surface area contributed by atoms with E-state index in [-0.39, 0.29) is 10.9 Å². The smallest absolute Gasteiger partial charge is 0.341 e. The minimum atomic E-state index is -1.28. The van der Waals surface area contributed by atoms with E-state index >= 15 is 4.39 Å². The van der Waals surface area contributed by atoms with Crippen LogP contribution in [0.3, 0.4) is 0 Å². The number of pyridine rings is 1. The molecule has 144 valence electrons. The Kier molecular flexibility index (Phi) is 4.86. The summed E-state index contributed by atoms with van der Waals surface area (Å²) in [7, 11) is 0. The molecule has 2 aliphatic rings. The maximum atomic E-state index is 15.1. The summed E-state index contributed by atoms with van der Waals surface area (Å²) in [5.41, 5.74) is 0.295. The van der Waals surface area contributed by atoms with Crippen LogP contribution in [0.4, 0.5) is 10.1 Å². The summed E-state index contributed by atoms with van der Waals surface area (Å²) in [6.45, 7) is 6.06. The van der Waals surface area contributed by atoms with Gasteiger partial charge in [0.05, 0.1) is 21.5 Å². The van der Waals surface area contributed by atoms with Crippen molar-refractivity contribution in [3.8, 4) is 0 Å². The number of carboxylic acids is 1. The second kappa shape index (κ2) is 7.16. The summed E-state index contributed by atoms with van der Waals surface area (Å²) in [6, 6.07) is 1.23. The summed E-state index contributed by atoms with van der Waals surface area (Å²) in [4.78, 5) is 26.8. The number of nitrogens with one attached hydrogen (secondary N) is 1. The quantitative estimate of drug-likeness (QED) is 0.815. The van der Waals surface area contributed by atoms with Crippen LogP contribution in [0.2, 0.25) is 0 Å². The molecule has 6 nitrogen and oxygen atoms in total. The fourth-order valence-electron chi connectivity index (χ4n) is 4.05. The molecule has 1 aromatic carbocycles. The van der Waals surface area contributed by atoms with Crippen molar-refractivity contribution < 1.29 is 14.3 Å². The molecule has 1 aromatic heterocycles. The minimum absolute atomic E-state index is 0.154. The van der Waals surface area contributed by atoms with Gasteiger partial charge >= 0.3 is 5.97 Å². The molecule has 0 aliphatic carbocycles. The molecule has 0 spiro atoms. The van der Waals surface area contributed by atoms with Crippen molar-refractivity contribution in [1.82, 2.24) is 9.88 Å². The molecule has 2 N–H and O–H groups in total. The highest BCUT2D eigenvalue weighted by atomic mass is 32.2. The van der Waals surface area contributed by atoms with Gasteiger partial charge in [0.15, 0.2) is 0 Å². The maximum absolute atomic E-state index is 15.1. The Hall–Kier alpha value is -2.06. The SMILES string of the molecule is CCNCC1CCN(c2c(F)cc3c(=O)c(C(=O)O)cn4c3c2SCC4)C1. The maximum Gasteiger partial charge on any atom is 0.341 e. The average Bonchev–Trinajstić information content (AvgIpc) is 3.10. The molecule has 1 unspecified atom stereocenters. The zero-order chi connectivity index (χ0) is 19.1. The van der Waals surface area contributed by atoms with E-state index in [1.165, 1.54) is 12.3 Å². The van der Waals surface area contributed by atoms with E-state index in [4.69, 9.17) is 0 Å². The number of thioether (sulfide) groups is 1. The van der Waals surface area contributed by atoms with Crippen molar-refractivity contribution in [2.24, 2.45) is 5.92 Å². The second-order valence-electron chi connectivity index (χ2n) is 7.06. The zero-order valence-electron chi connectivity index (χ0n) is 15.1. The molecule has 0 saturated carbocycles. The van der Waals surface area contributed by atoms with E-state index in [1.807, 2.05) is 0 Å². The third kappa shape index (κ3) is 3.10. The summed E-state index contributed by atoms with van der Waals surface area (Å²) in [5.74, 6) is -0.532. The number of anilines is 1. The molecule has 4 rings (SSSR count). The van der Waals surface area contributed by atoms with E-state index < -0.39 is 17.2 Å². The lowest BCUT2D eigenvalue weighted by molar-refractivity contribution is 0.0695. The first-order chi connectivity index (χ1) is 13.0. The number of hydrogen-bond donors (Lipinski definition) is 2. The van der Waals surface area contributed by atoms with Crippen LogP contribution in [0, 0.1) is 11.7 Å². The lowest BCUT2D eigenvalue weighted by Crippen LogP contribution is -2.28. The van der Waals surface area contributed by atoms with Crippen molar-refractivity contribution in [2.75, 3.05) is 36.8 Å². The molecule has 2 aromatic rings. The molecule has 0 bridgehead atoms. The molecular weight excluding hydrogens is 369 g/mol. The number of benzene rings is 1. The number of halogens is 1. The van der Waals surface area contributed by atoms with Crippen molar-refractivity contribution in [3.63, 3.8) is 0 Å². The molecule has 8 heteroatoms. The zero-order valence-corrected chi connectivity index (χ0v) is 15.9. The van der Waals surface area contributed by atoms with E-state index in [0.717, 1.165) is 43.2 Å². The molecular formula is C19H22FN3O3S. The first-order valence-electron chi connectivity index (χ1n) is 9.22. The third-order valence-electron chi connectivity index (χ3n) is 5.34. The molecule has 0 amide bonds. The van der Waals surface area contributed by atoms with E-state index in [1.54, 1.807) is 16.3 Å². The lowest BCUT2D eigenvalue weighted by atomic mass is 10.1. The van der Waals surface area contributed by atoms with Gasteiger partial charge in [0.2, 0.25) is 5.43 Å². The summed E-state index contributed by atoms with van der Waals surface area (Å²) in [6.07, 6.45) is 2.40. The van der Waals surface area contributed by atoms with Crippen LogP contribution in [0.25, 0.3) is 10.9 Å². The Bertz CT molecular complexity index is 975. The topological polar surface area (TPSA) is 74.6 Å². The normalized spacial score (nSPS) is 19.0. The molecule has 2 aliphatic heterocycles. The van der Waals surface area contributed by atoms with Crippen LogP contribution in [-0.2, 0) is 6.54 Å². The first kappa shape index (κ1) is 18.3. The monoisotopic (exact) mass is 391 g/mol. The van der Waals surface area contributed by atoms with E-state index in [9.17, 15) is 14.7 Å². The summed E-state index contributed by atoms with van der Waals surface area (Å²) < 4.78 is 16.9. The van der Waals surface area contributed by atoms with Crippen molar-refractivity contribution >= 4 is 34.3 Å². The van der Waals surface area contributed by atoms with Crippen LogP contribution in [0.5, 0.6) is 0 Å². The van der Waals surface area contributed by atoms with Gasteiger partial charge in [0.25, 0.3) is 0 Å². The fraction of sp³-hybridized carbons (Fsp3) is 0.474. The highest BCUT2D eigenvalue weighted by Gasteiger charge is 2.30. The standard InChI is InChI=1S/C19H22FN3O3S/c1-2-21-8-11-3-4-22(9-11)16-14(20)7-12-15-18(16)27-6-5-23(15)10-13(17(12)24)19(25)26/h7,10-11,21H,2-6,8-9H2,1H3,(H,25,26). The average molecular weight is 391 g/mol. The Labute approximate surface area is 160 Å². The van der Waals surface area contributed by atoms with E-state index in [0.29, 0.717) is 23.7 Å².